The normalized spacial score (nSPS) is 14.7. The summed E-state index contributed by atoms with van der Waals surface area (Å²) in [5.41, 5.74) is 11.0. The number of thiazole rings is 1. The first kappa shape index (κ1) is 18.7. The zero-order chi connectivity index (χ0) is 17.6. The van der Waals surface area contributed by atoms with Gasteiger partial charge in [-0.1, -0.05) is 29.5 Å². The number of halogens is 1. The van der Waals surface area contributed by atoms with Gasteiger partial charge in [0.15, 0.2) is 5.13 Å². The number of aromatic nitrogens is 1. The Hall–Kier alpha value is -2.13. The second-order valence-corrected chi connectivity index (χ2v) is 6.97. The fourth-order valence-electron chi connectivity index (χ4n) is 3.26. The van der Waals surface area contributed by atoms with Crippen LogP contribution >= 0.6 is 35.3 Å². The van der Waals surface area contributed by atoms with Crippen LogP contribution in [-0.4, -0.2) is 18.0 Å². The van der Waals surface area contributed by atoms with E-state index in [1.807, 2.05) is 30.3 Å². The van der Waals surface area contributed by atoms with Crippen LogP contribution in [0.2, 0.25) is 0 Å². The largest absolute Gasteiger partial charge is 0.497 e. The monoisotopic (exact) mass is 479 g/mol. The highest BCUT2D eigenvalue weighted by molar-refractivity contribution is 14.0. The molecular formula is C19H18IN3O2S. The van der Waals surface area contributed by atoms with E-state index in [1.165, 1.54) is 18.3 Å². The van der Waals surface area contributed by atoms with Crippen molar-refractivity contribution >= 4 is 63.6 Å². The number of amides is 1. The fraction of sp³-hybridized carbons (Fsp3) is 0.158. The average Bonchev–Trinajstić information content (AvgIpc) is 3.10. The molecule has 1 aromatic carbocycles. The summed E-state index contributed by atoms with van der Waals surface area (Å²) in [4.78, 5) is 16.1. The van der Waals surface area contributed by atoms with E-state index in [0.29, 0.717) is 5.13 Å². The first-order chi connectivity index (χ1) is 12.1. The van der Waals surface area contributed by atoms with Gasteiger partial charge in [-0.3, -0.25) is 4.79 Å². The van der Waals surface area contributed by atoms with Crippen molar-refractivity contribution < 1.29 is 9.53 Å². The molecule has 1 aromatic heterocycles. The van der Waals surface area contributed by atoms with Crippen molar-refractivity contribution in [2.45, 2.75) is 13.3 Å². The minimum absolute atomic E-state index is 0. The molecule has 0 saturated heterocycles. The molecule has 0 spiro atoms. The van der Waals surface area contributed by atoms with Gasteiger partial charge in [0.2, 0.25) is 5.91 Å². The molecule has 2 aromatic rings. The molecule has 2 aliphatic rings. The first-order valence-corrected chi connectivity index (χ1v) is 8.73. The summed E-state index contributed by atoms with van der Waals surface area (Å²) in [5.74, 6) is 0.708. The first-order valence-electron chi connectivity index (χ1n) is 7.91. The van der Waals surface area contributed by atoms with E-state index in [0.717, 1.165) is 50.0 Å². The molecule has 0 fully saturated rings. The third-order valence-electron chi connectivity index (χ3n) is 4.29. The molecule has 26 heavy (non-hydrogen) atoms. The third kappa shape index (κ3) is 3.16. The standard InChI is InChI=1S/C19H17N3O2S.HI/c1-10(23)21-15-8-7-13-14(9-16-18(13)22-19(20)25-16)17(15)11-3-5-12(24-2)6-4-11;/h3-6,8-9H,7H2,1-2H3,(H2,20,22)(H,21,23);1H. The number of fused-ring (bicyclic) bond motifs is 2. The molecule has 5 nitrogen and oxygen atoms in total. The van der Waals surface area contributed by atoms with Gasteiger partial charge in [0.05, 0.1) is 17.0 Å². The summed E-state index contributed by atoms with van der Waals surface area (Å²) in [6.45, 7) is 1.52. The number of allylic oxidation sites excluding steroid dienone is 3. The molecule has 7 heteroatoms. The molecule has 4 rings (SSSR count). The fourth-order valence-corrected chi connectivity index (χ4v) is 4.07. The summed E-state index contributed by atoms with van der Waals surface area (Å²) >= 11 is 1.49. The van der Waals surface area contributed by atoms with Gasteiger partial charge in [0, 0.05) is 18.2 Å². The van der Waals surface area contributed by atoms with Crippen LogP contribution in [0, 0.1) is 0 Å². The molecule has 0 atom stereocenters. The van der Waals surface area contributed by atoms with E-state index >= 15 is 0 Å². The Kier molecular flexibility index (Phi) is 5.19. The van der Waals surface area contributed by atoms with Crippen LogP contribution in [0.3, 0.4) is 0 Å². The topological polar surface area (TPSA) is 77.2 Å². The summed E-state index contributed by atoms with van der Waals surface area (Å²) < 4.78 is 6.33. The van der Waals surface area contributed by atoms with Crippen LogP contribution in [0.15, 0.2) is 41.6 Å². The van der Waals surface area contributed by atoms with Crippen molar-refractivity contribution in [1.29, 1.82) is 0 Å². The number of hydrogen-bond donors (Lipinski definition) is 2. The molecule has 0 radical (unpaired) electrons. The zero-order valence-electron chi connectivity index (χ0n) is 14.3. The van der Waals surface area contributed by atoms with Crippen molar-refractivity contribution in [3.8, 4) is 5.75 Å². The Bertz CT molecular complexity index is 1070. The number of nitrogens with two attached hydrogens (primary N) is 1. The van der Waals surface area contributed by atoms with E-state index in [9.17, 15) is 4.79 Å². The number of nitrogens with zero attached hydrogens (tertiary/aromatic N) is 1. The maximum Gasteiger partial charge on any atom is 0.221 e. The number of benzene rings is 1. The predicted molar refractivity (Wildman–Crippen MR) is 115 cm³/mol. The van der Waals surface area contributed by atoms with Crippen molar-refractivity contribution in [2.75, 3.05) is 12.8 Å². The highest BCUT2D eigenvalue weighted by Gasteiger charge is 2.25. The van der Waals surface area contributed by atoms with Crippen molar-refractivity contribution in [1.82, 2.24) is 10.3 Å². The molecule has 0 bridgehead atoms. The smallest absolute Gasteiger partial charge is 0.221 e. The van der Waals surface area contributed by atoms with Crippen LogP contribution in [0.1, 0.15) is 18.9 Å². The Labute approximate surface area is 172 Å². The molecule has 134 valence electrons. The number of nitrogens with one attached hydrogen (secondary N) is 1. The number of rotatable bonds is 3. The number of nitrogen functional groups attached to an aromatic ring is 1. The van der Waals surface area contributed by atoms with Crippen LogP contribution in [0.5, 0.6) is 5.75 Å². The summed E-state index contributed by atoms with van der Waals surface area (Å²) in [7, 11) is 1.64. The quantitative estimate of drug-likeness (QED) is 0.662. The molecule has 0 aliphatic heterocycles. The van der Waals surface area contributed by atoms with Gasteiger partial charge in [0.25, 0.3) is 0 Å². The minimum atomic E-state index is -0.0866. The van der Waals surface area contributed by atoms with Gasteiger partial charge < -0.3 is 15.8 Å². The highest BCUT2D eigenvalue weighted by Crippen LogP contribution is 2.38. The molecule has 3 N–H and O–H groups in total. The van der Waals surface area contributed by atoms with Gasteiger partial charge in [-0.05, 0) is 41.3 Å². The van der Waals surface area contributed by atoms with Crippen LogP contribution in [-0.2, 0) is 4.79 Å². The number of anilines is 1. The van der Waals surface area contributed by atoms with Gasteiger partial charge >= 0.3 is 0 Å². The Morgan fingerprint density at radius 3 is 2.69 bits per heavy atom. The third-order valence-corrected chi connectivity index (χ3v) is 5.13. The lowest BCUT2D eigenvalue weighted by Gasteiger charge is -2.22. The lowest BCUT2D eigenvalue weighted by atomic mass is 9.87. The SMILES string of the molecule is COc1ccc(C2=C3C=c4sc(N)nc4=C3CC=C2NC(C)=O)cc1.I. The second-order valence-electron chi connectivity index (χ2n) is 5.91. The molecular weight excluding hydrogens is 461 g/mol. The number of carbonyl (C=O) groups excluding carboxylic acids is 1. The number of ether oxygens (including phenoxy) is 1. The lowest BCUT2D eigenvalue weighted by Crippen LogP contribution is -2.23. The maximum absolute atomic E-state index is 11.7. The van der Waals surface area contributed by atoms with Gasteiger partial charge in [0.1, 0.15) is 5.75 Å². The lowest BCUT2D eigenvalue weighted by molar-refractivity contribution is -0.118. The Morgan fingerprint density at radius 1 is 1.31 bits per heavy atom. The summed E-state index contributed by atoms with van der Waals surface area (Å²) in [6, 6.07) is 7.84. The highest BCUT2D eigenvalue weighted by atomic mass is 127. The maximum atomic E-state index is 11.7. The van der Waals surface area contributed by atoms with Crippen LogP contribution in [0.25, 0.3) is 17.2 Å². The summed E-state index contributed by atoms with van der Waals surface area (Å²) in [5, 5.41) is 4.50. The predicted octanol–water partition coefficient (Wildman–Crippen LogP) is 2.17. The van der Waals surface area contributed by atoms with E-state index < -0.39 is 0 Å². The van der Waals surface area contributed by atoms with Gasteiger partial charge in [-0.2, -0.15) is 0 Å². The number of hydrogen-bond acceptors (Lipinski definition) is 5. The van der Waals surface area contributed by atoms with E-state index in [1.54, 1.807) is 7.11 Å². The average molecular weight is 479 g/mol. The van der Waals surface area contributed by atoms with Crippen molar-refractivity contribution in [3.63, 3.8) is 0 Å². The van der Waals surface area contributed by atoms with Crippen LogP contribution in [0.4, 0.5) is 5.13 Å². The summed E-state index contributed by atoms with van der Waals surface area (Å²) in [6.07, 6.45) is 4.88. The van der Waals surface area contributed by atoms with Crippen LogP contribution < -0.4 is 25.7 Å². The van der Waals surface area contributed by atoms with E-state index in [-0.39, 0.29) is 29.9 Å². The molecule has 2 aliphatic carbocycles. The molecule has 1 heterocycles. The number of carbonyl (C=O) groups is 1. The van der Waals surface area contributed by atoms with Crippen molar-refractivity contribution in [2.24, 2.45) is 0 Å². The van der Waals surface area contributed by atoms with Gasteiger partial charge in [-0.15, -0.1) is 24.0 Å². The minimum Gasteiger partial charge on any atom is -0.497 e. The second kappa shape index (κ2) is 7.24. The number of methoxy groups -OCH3 is 1. The zero-order valence-corrected chi connectivity index (χ0v) is 17.5. The van der Waals surface area contributed by atoms with Gasteiger partial charge in [-0.25, -0.2) is 4.98 Å². The van der Waals surface area contributed by atoms with E-state index in [4.69, 9.17) is 10.5 Å². The van der Waals surface area contributed by atoms with E-state index in [2.05, 4.69) is 16.4 Å². The Morgan fingerprint density at radius 2 is 2.04 bits per heavy atom. The molecule has 1 amide bonds. The van der Waals surface area contributed by atoms with Crippen molar-refractivity contribution in [3.05, 3.63) is 57.1 Å². The molecule has 0 saturated carbocycles. The molecule has 0 unspecified atom stereocenters. The Balaban J connectivity index is 0.00000196.